The minimum absolute atomic E-state index is 0.206. The molecule has 5 nitrogen and oxygen atoms in total. The minimum atomic E-state index is -3.15. The van der Waals surface area contributed by atoms with Crippen LogP contribution in [0.3, 0.4) is 0 Å². The van der Waals surface area contributed by atoms with E-state index >= 15 is 0 Å². The van der Waals surface area contributed by atoms with Crippen molar-refractivity contribution in [3.8, 4) is 0 Å². The topological polar surface area (TPSA) is 86.2 Å². The van der Waals surface area contributed by atoms with Crippen molar-refractivity contribution in [3.63, 3.8) is 0 Å². The van der Waals surface area contributed by atoms with Crippen molar-refractivity contribution >= 4 is 15.7 Å². The molecule has 0 saturated heterocycles. The number of rotatable bonds is 3. The highest BCUT2D eigenvalue weighted by Gasteiger charge is 2.25. The predicted octanol–water partition coefficient (Wildman–Crippen LogP) is 0.925. The lowest BCUT2D eigenvalue weighted by molar-refractivity contribution is 0.426. The van der Waals surface area contributed by atoms with Gasteiger partial charge in [-0.25, -0.2) is 8.42 Å². The number of sulfone groups is 1. The van der Waals surface area contributed by atoms with Crippen LogP contribution in [0, 0.1) is 0 Å². The molecule has 0 saturated carbocycles. The third-order valence-electron chi connectivity index (χ3n) is 2.23. The molecule has 2 N–H and O–H groups in total. The quantitative estimate of drug-likeness (QED) is 0.815. The average Bonchev–Trinajstić information content (AvgIpc) is 2.43. The summed E-state index contributed by atoms with van der Waals surface area (Å²) in [6.45, 7) is 3.45. The maximum Gasteiger partial charge on any atom is 0.225 e. The van der Waals surface area contributed by atoms with Crippen LogP contribution in [-0.4, -0.2) is 19.8 Å². The predicted molar refractivity (Wildman–Crippen MR) is 53.6 cm³/mol. The van der Waals surface area contributed by atoms with Gasteiger partial charge in [0.05, 0.1) is 0 Å². The van der Waals surface area contributed by atoms with Gasteiger partial charge < -0.3 is 10.3 Å². The van der Waals surface area contributed by atoms with Crippen LogP contribution >= 0.6 is 0 Å². The summed E-state index contributed by atoms with van der Waals surface area (Å²) in [4.78, 5) is 0. The van der Waals surface area contributed by atoms with E-state index in [1.54, 1.807) is 6.92 Å². The summed E-state index contributed by atoms with van der Waals surface area (Å²) >= 11 is 0. The molecule has 1 rings (SSSR count). The van der Waals surface area contributed by atoms with E-state index in [9.17, 15) is 8.42 Å². The Bertz CT molecular complexity index is 422. The second kappa shape index (κ2) is 3.61. The van der Waals surface area contributed by atoms with Crippen molar-refractivity contribution in [1.29, 1.82) is 0 Å². The van der Waals surface area contributed by atoms with Gasteiger partial charge in [-0.05, 0) is 13.3 Å². The molecular weight excluding hydrogens is 204 g/mol. The summed E-state index contributed by atoms with van der Waals surface area (Å²) in [5, 5.41) is 3.01. The van der Waals surface area contributed by atoms with Crippen LogP contribution in [0.1, 0.15) is 30.4 Å². The zero-order chi connectivity index (χ0) is 10.9. The molecule has 0 aliphatic heterocycles. The van der Waals surface area contributed by atoms with Gasteiger partial charge in [0.15, 0.2) is 9.84 Å². The summed E-state index contributed by atoms with van der Waals surface area (Å²) in [6.07, 6.45) is 1.78. The number of nitrogens with two attached hydrogens (primary N) is 1. The fraction of sp³-hybridized carbons (Fsp3) is 0.625. The fourth-order valence-electron chi connectivity index (χ4n) is 1.21. The lowest BCUT2D eigenvalue weighted by Gasteiger charge is -2.06. The molecule has 1 aromatic rings. The van der Waals surface area contributed by atoms with Crippen LogP contribution in [0.5, 0.6) is 0 Å². The summed E-state index contributed by atoms with van der Waals surface area (Å²) in [5.74, 6) is 0.206. The van der Waals surface area contributed by atoms with Crippen LogP contribution in [0.4, 0.5) is 5.88 Å². The number of aromatic nitrogens is 1. The molecule has 14 heavy (non-hydrogen) atoms. The fourth-order valence-corrected chi connectivity index (χ4v) is 1.80. The van der Waals surface area contributed by atoms with Crippen LogP contribution in [0.25, 0.3) is 0 Å². The normalized spacial score (nSPS) is 14.2. The SMILES string of the molecule is CCc1c(C(C)S(C)(=O)=O)noc1N. The zero-order valence-electron chi connectivity index (χ0n) is 8.44. The monoisotopic (exact) mass is 218 g/mol. The highest BCUT2D eigenvalue weighted by molar-refractivity contribution is 7.90. The second-order valence-electron chi connectivity index (χ2n) is 3.24. The lowest BCUT2D eigenvalue weighted by atomic mass is 10.1. The Morgan fingerprint density at radius 2 is 2.14 bits per heavy atom. The Hall–Kier alpha value is -1.04. The highest BCUT2D eigenvalue weighted by atomic mass is 32.2. The first-order valence-electron chi connectivity index (χ1n) is 4.30. The molecule has 0 bridgehead atoms. The lowest BCUT2D eigenvalue weighted by Crippen LogP contribution is -2.10. The van der Waals surface area contributed by atoms with Gasteiger partial charge in [-0.15, -0.1) is 0 Å². The van der Waals surface area contributed by atoms with Gasteiger partial charge >= 0.3 is 0 Å². The number of nitrogens with zero attached hydrogens (tertiary/aromatic N) is 1. The number of anilines is 1. The Labute approximate surface area is 83.2 Å². The molecule has 0 spiro atoms. The molecule has 0 aliphatic rings. The maximum atomic E-state index is 11.3. The van der Waals surface area contributed by atoms with E-state index in [2.05, 4.69) is 5.16 Å². The highest BCUT2D eigenvalue weighted by Crippen LogP contribution is 2.27. The molecule has 0 fully saturated rings. The second-order valence-corrected chi connectivity index (χ2v) is 5.60. The van der Waals surface area contributed by atoms with Gasteiger partial charge in [-0.3, -0.25) is 0 Å². The molecule has 0 aliphatic carbocycles. The smallest absolute Gasteiger partial charge is 0.225 e. The number of hydrogen-bond donors (Lipinski definition) is 1. The van der Waals surface area contributed by atoms with Crippen LogP contribution in [0.15, 0.2) is 4.52 Å². The van der Waals surface area contributed by atoms with E-state index in [0.29, 0.717) is 17.7 Å². The molecule has 1 aromatic heterocycles. The van der Waals surface area contributed by atoms with Crippen LogP contribution < -0.4 is 5.73 Å². The summed E-state index contributed by atoms with van der Waals surface area (Å²) < 4.78 is 27.3. The third-order valence-corrected chi connectivity index (χ3v) is 3.74. The molecule has 6 heteroatoms. The van der Waals surface area contributed by atoms with Crippen molar-refractivity contribution in [1.82, 2.24) is 5.16 Å². The van der Waals surface area contributed by atoms with Crippen molar-refractivity contribution in [2.45, 2.75) is 25.5 Å². The van der Waals surface area contributed by atoms with E-state index in [1.165, 1.54) is 6.26 Å². The molecule has 0 amide bonds. The molecular formula is C8H14N2O3S. The van der Waals surface area contributed by atoms with Crippen molar-refractivity contribution in [2.24, 2.45) is 0 Å². The van der Waals surface area contributed by atoms with E-state index in [4.69, 9.17) is 10.3 Å². The molecule has 0 aromatic carbocycles. The van der Waals surface area contributed by atoms with Crippen molar-refractivity contribution in [3.05, 3.63) is 11.3 Å². The first-order valence-corrected chi connectivity index (χ1v) is 6.26. The van der Waals surface area contributed by atoms with Crippen LogP contribution in [0.2, 0.25) is 0 Å². The van der Waals surface area contributed by atoms with Gasteiger partial charge in [0.25, 0.3) is 0 Å². The van der Waals surface area contributed by atoms with Crippen molar-refractivity contribution < 1.29 is 12.9 Å². The van der Waals surface area contributed by atoms with E-state index < -0.39 is 15.1 Å². The Balaban J connectivity index is 3.20. The molecule has 1 unspecified atom stereocenters. The molecule has 80 valence electrons. The van der Waals surface area contributed by atoms with Crippen LogP contribution in [-0.2, 0) is 16.3 Å². The van der Waals surface area contributed by atoms with E-state index in [1.807, 2.05) is 6.92 Å². The first-order chi connectivity index (χ1) is 6.38. The van der Waals surface area contributed by atoms with Gasteiger partial charge in [0, 0.05) is 11.8 Å². The van der Waals surface area contributed by atoms with Gasteiger partial charge in [0.1, 0.15) is 10.9 Å². The Morgan fingerprint density at radius 1 is 1.57 bits per heavy atom. The van der Waals surface area contributed by atoms with E-state index in [-0.39, 0.29) is 5.88 Å². The average molecular weight is 218 g/mol. The Kier molecular flexibility index (Phi) is 2.84. The molecule has 1 atom stereocenters. The maximum absolute atomic E-state index is 11.3. The molecule has 1 heterocycles. The minimum Gasteiger partial charge on any atom is -0.367 e. The summed E-state index contributed by atoms with van der Waals surface area (Å²) in [7, 11) is -3.15. The standard InChI is InChI=1S/C8H14N2O3S/c1-4-6-7(10-13-8(6)9)5(2)14(3,11)12/h5H,4,9H2,1-3H3. The Morgan fingerprint density at radius 3 is 2.57 bits per heavy atom. The van der Waals surface area contributed by atoms with E-state index in [0.717, 1.165) is 0 Å². The first kappa shape index (κ1) is 11.0. The molecule has 0 radical (unpaired) electrons. The van der Waals surface area contributed by atoms with Gasteiger partial charge in [-0.2, -0.15) is 0 Å². The summed E-state index contributed by atoms with van der Waals surface area (Å²) in [5.41, 5.74) is 6.62. The van der Waals surface area contributed by atoms with Gasteiger partial charge in [-0.1, -0.05) is 12.1 Å². The summed E-state index contributed by atoms with van der Waals surface area (Å²) in [6, 6.07) is 0. The number of nitrogen functional groups attached to an aromatic ring is 1. The third kappa shape index (κ3) is 1.89. The zero-order valence-corrected chi connectivity index (χ0v) is 9.26. The number of hydrogen-bond acceptors (Lipinski definition) is 5. The van der Waals surface area contributed by atoms with Gasteiger partial charge in [0.2, 0.25) is 5.88 Å². The largest absolute Gasteiger partial charge is 0.367 e. The van der Waals surface area contributed by atoms with Crippen molar-refractivity contribution in [2.75, 3.05) is 12.0 Å².